The van der Waals surface area contributed by atoms with E-state index >= 15 is 0 Å². The molecule has 1 aromatic carbocycles. The molecule has 1 aliphatic rings. The molecule has 0 unspecified atom stereocenters. The summed E-state index contributed by atoms with van der Waals surface area (Å²) in [6.07, 6.45) is 0. The summed E-state index contributed by atoms with van der Waals surface area (Å²) in [5.74, 6) is 0.247. The number of hydrogen-bond acceptors (Lipinski definition) is 4. The fourth-order valence-corrected chi connectivity index (χ4v) is 5.20. The molecule has 0 aromatic heterocycles. The number of rotatable bonds is 4. The van der Waals surface area contributed by atoms with E-state index in [1.165, 1.54) is 23.5 Å². The van der Waals surface area contributed by atoms with Gasteiger partial charge in [0.2, 0.25) is 15.9 Å². The van der Waals surface area contributed by atoms with Crippen LogP contribution in [0, 0.1) is 0 Å². The van der Waals surface area contributed by atoms with E-state index in [4.69, 9.17) is 4.74 Å². The van der Waals surface area contributed by atoms with Crippen LogP contribution in [0.2, 0.25) is 0 Å². The lowest BCUT2D eigenvalue weighted by Gasteiger charge is -2.48. The van der Waals surface area contributed by atoms with E-state index in [1.807, 2.05) is 27.7 Å². The summed E-state index contributed by atoms with van der Waals surface area (Å²) in [5, 5.41) is 0. The summed E-state index contributed by atoms with van der Waals surface area (Å²) in [6.45, 7) is 7.73. The Kier molecular flexibility index (Phi) is 5.32. The second kappa shape index (κ2) is 6.65. The van der Waals surface area contributed by atoms with Gasteiger partial charge in [-0.2, -0.15) is 4.31 Å². The van der Waals surface area contributed by atoms with Crippen LogP contribution < -0.4 is 4.74 Å². The monoisotopic (exact) mass is 418 g/mol. The molecule has 0 saturated carbocycles. The van der Waals surface area contributed by atoms with Gasteiger partial charge in [0.15, 0.2) is 0 Å². The number of amides is 1. The smallest absolute Gasteiger partial charge is 0.243 e. The molecule has 1 aliphatic heterocycles. The fourth-order valence-electron chi connectivity index (χ4n) is 3.23. The molecule has 0 aliphatic carbocycles. The van der Waals surface area contributed by atoms with Crippen molar-refractivity contribution in [3.8, 4) is 5.75 Å². The summed E-state index contributed by atoms with van der Waals surface area (Å²) >= 11 is 3.31. The second-order valence-corrected chi connectivity index (χ2v) is 9.53. The summed E-state index contributed by atoms with van der Waals surface area (Å²) in [6, 6.07) is 4.62. The predicted molar refractivity (Wildman–Crippen MR) is 95.5 cm³/mol. The number of nitrogens with zero attached hydrogens (tertiary/aromatic N) is 2. The van der Waals surface area contributed by atoms with E-state index < -0.39 is 15.6 Å². The van der Waals surface area contributed by atoms with Crippen LogP contribution in [-0.2, 0) is 14.8 Å². The van der Waals surface area contributed by atoms with E-state index in [1.54, 1.807) is 11.0 Å². The molecule has 1 fully saturated rings. The lowest BCUT2D eigenvalue weighted by molar-refractivity contribution is -0.144. The highest BCUT2D eigenvalue weighted by molar-refractivity contribution is 9.10. The van der Waals surface area contributed by atoms with Crippen molar-refractivity contribution in [1.29, 1.82) is 0 Å². The molecule has 6 nitrogen and oxygen atoms in total. The largest absolute Gasteiger partial charge is 0.496 e. The van der Waals surface area contributed by atoms with Gasteiger partial charge in [0, 0.05) is 18.7 Å². The standard InChI is InChI=1S/C16H23BrN2O4S/c1-11(2)19-15(20)9-18(10-16(19,3)4)24(21,22)12-6-7-13(17)14(8-12)23-5/h6-8,11H,9-10H2,1-5H3. The summed E-state index contributed by atoms with van der Waals surface area (Å²) < 4.78 is 33.0. The topological polar surface area (TPSA) is 66.9 Å². The molecule has 0 bridgehead atoms. The van der Waals surface area contributed by atoms with Crippen LogP contribution in [-0.4, -0.2) is 55.3 Å². The summed E-state index contributed by atoms with van der Waals surface area (Å²) in [5.41, 5.74) is -0.573. The molecular weight excluding hydrogens is 396 g/mol. The van der Waals surface area contributed by atoms with Gasteiger partial charge in [-0.3, -0.25) is 4.79 Å². The first kappa shape index (κ1) is 19.2. The number of sulfonamides is 1. The van der Waals surface area contributed by atoms with Crippen molar-refractivity contribution in [1.82, 2.24) is 9.21 Å². The molecule has 0 spiro atoms. The van der Waals surface area contributed by atoms with Crippen molar-refractivity contribution < 1.29 is 17.9 Å². The quantitative estimate of drug-likeness (QED) is 0.752. The van der Waals surface area contributed by atoms with E-state index in [9.17, 15) is 13.2 Å². The first-order valence-electron chi connectivity index (χ1n) is 7.66. The van der Waals surface area contributed by atoms with Crippen LogP contribution >= 0.6 is 15.9 Å². The molecule has 1 aromatic rings. The number of halogens is 1. The minimum Gasteiger partial charge on any atom is -0.496 e. The third-order valence-electron chi connectivity index (χ3n) is 4.07. The number of ether oxygens (including phenoxy) is 1. The third kappa shape index (κ3) is 3.45. The van der Waals surface area contributed by atoms with Crippen molar-refractivity contribution in [2.45, 2.75) is 44.2 Å². The fraction of sp³-hybridized carbons (Fsp3) is 0.562. The number of methoxy groups -OCH3 is 1. The van der Waals surface area contributed by atoms with E-state index in [-0.39, 0.29) is 29.9 Å². The van der Waals surface area contributed by atoms with E-state index in [0.29, 0.717) is 10.2 Å². The van der Waals surface area contributed by atoms with Crippen LogP contribution in [0.3, 0.4) is 0 Å². The molecule has 1 amide bonds. The SMILES string of the molecule is COc1cc(S(=O)(=O)N2CC(=O)N(C(C)C)C(C)(C)C2)ccc1Br. The zero-order valence-electron chi connectivity index (χ0n) is 14.5. The van der Waals surface area contributed by atoms with Gasteiger partial charge in [-0.15, -0.1) is 0 Å². The van der Waals surface area contributed by atoms with Crippen molar-refractivity contribution in [3.63, 3.8) is 0 Å². The Bertz CT molecular complexity index is 746. The molecule has 8 heteroatoms. The molecule has 1 heterocycles. The highest BCUT2D eigenvalue weighted by atomic mass is 79.9. The Balaban J connectivity index is 2.39. The van der Waals surface area contributed by atoms with Crippen LogP contribution in [0.15, 0.2) is 27.6 Å². The average Bonchev–Trinajstić information content (AvgIpc) is 2.45. The Morgan fingerprint density at radius 2 is 1.92 bits per heavy atom. The van der Waals surface area contributed by atoms with Gasteiger partial charge in [0.1, 0.15) is 5.75 Å². The highest BCUT2D eigenvalue weighted by Crippen LogP contribution is 2.32. The van der Waals surface area contributed by atoms with Gasteiger partial charge in [-0.25, -0.2) is 8.42 Å². The van der Waals surface area contributed by atoms with Crippen molar-refractivity contribution in [3.05, 3.63) is 22.7 Å². The minimum absolute atomic E-state index is 0.0186. The molecule has 2 rings (SSSR count). The number of carbonyl (C=O) groups excluding carboxylic acids is 1. The normalized spacial score (nSPS) is 19.0. The summed E-state index contributed by atoms with van der Waals surface area (Å²) in [7, 11) is -2.30. The third-order valence-corrected chi connectivity index (χ3v) is 6.52. The van der Waals surface area contributed by atoms with Gasteiger partial charge in [-0.05, 0) is 55.8 Å². The highest BCUT2D eigenvalue weighted by Gasteiger charge is 2.44. The molecule has 1 saturated heterocycles. The van der Waals surface area contributed by atoms with Gasteiger partial charge < -0.3 is 9.64 Å². The first-order valence-corrected chi connectivity index (χ1v) is 9.90. The minimum atomic E-state index is -3.78. The lowest BCUT2D eigenvalue weighted by atomic mass is 9.98. The van der Waals surface area contributed by atoms with Gasteiger partial charge in [-0.1, -0.05) is 0 Å². The number of hydrogen-bond donors (Lipinski definition) is 0. The second-order valence-electron chi connectivity index (χ2n) is 6.74. The number of piperazine rings is 1. The molecule has 24 heavy (non-hydrogen) atoms. The van der Waals surface area contributed by atoms with Crippen LogP contribution in [0.4, 0.5) is 0 Å². The molecular formula is C16H23BrN2O4S. The van der Waals surface area contributed by atoms with Crippen LogP contribution in [0.25, 0.3) is 0 Å². The Morgan fingerprint density at radius 3 is 2.42 bits per heavy atom. The average molecular weight is 419 g/mol. The van der Waals surface area contributed by atoms with E-state index in [2.05, 4.69) is 15.9 Å². The molecule has 0 radical (unpaired) electrons. The van der Waals surface area contributed by atoms with Gasteiger partial charge in [0.25, 0.3) is 0 Å². The Morgan fingerprint density at radius 1 is 1.29 bits per heavy atom. The molecule has 0 N–H and O–H groups in total. The van der Waals surface area contributed by atoms with Crippen molar-refractivity contribution in [2.75, 3.05) is 20.2 Å². The van der Waals surface area contributed by atoms with Crippen LogP contribution in [0.5, 0.6) is 5.75 Å². The number of carbonyl (C=O) groups is 1. The lowest BCUT2D eigenvalue weighted by Crippen LogP contribution is -2.64. The van der Waals surface area contributed by atoms with Crippen molar-refractivity contribution in [2.24, 2.45) is 0 Å². The maximum atomic E-state index is 13.0. The Hall–Kier alpha value is -1.12. The van der Waals surface area contributed by atoms with Gasteiger partial charge in [0.05, 0.1) is 28.6 Å². The summed E-state index contributed by atoms with van der Waals surface area (Å²) in [4.78, 5) is 14.4. The zero-order chi connectivity index (χ0) is 18.3. The predicted octanol–water partition coefficient (Wildman–Crippen LogP) is 2.48. The maximum absolute atomic E-state index is 13.0. The van der Waals surface area contributed by atoms with Crippen LogP contribution in [0.1, 0.15) is 27.7 Å². The Labute approximate surface area is 151 Å². The van der Waals surface area contributed by atoms with Gasteiger partial charge >= 0.3 is 0 Å². The zero-order valence-corrected chi connectivity index (χ0v) is 16.9. The first-order chi connectivity index (χ1) is 11.0. The number of benzene rings is 1. The molecule has 0 atom stereocenters. The van der Waals surface area contributed by atoms with E-state index in [0.717, 1.165) is 0 Å². The van der Waals surface area contributed by atoms with Crippen molar-refractivity contribution >= 4 is 31.9 Å². The maximum Gasteiger partial charge on any atom is 0.243 e. The molecule has 134 valence electrons.